The van der Waals surface area contributed by atoms with Gasteiger partial charge in [-0.25, -0.2) is 0 Å². The van der Waals surface area contributed by atoms with Crippen LogP contribution in [0.25, 0.3) is 6.08 Å². The maximum absolute atomic E-state index is 12.4. The minimum atomic E-state index is -0.441. The van der Waals surface area contributed by atoms with Gasteiger partial charge in [-0.3, -0.25) is 15.1 Å². The largest absolute Gasteiger partial charge is 0.497 e. The standard InChI is InChI=1S/C23H20ClN3O4S/c1-14-13-32-23-26-22(28)18(21(25)27(14)23)11-15-3-8-20(19(24)12-15)31-10-9-30-17-6-4-16(29-2)5-7-17/h3-8,11-13,25H,9-10H2,1-2H3/b18-11-,25-21?. The summed E-state index contributed by atoms with van der Waals surface area (Å²) in [6.07, 6.45) is 1.61. The van der Waals surface area contributed by atoms with Gasteiger partial charge in [0.15, 0.2) is 5.17 Å². The first-order valence-electron chi connectivity index (χ1n) is 9.72. The third-order valence-electron chi connectivity index (χ3n) is 4.72. The van der Waals surface area contributed by atoms with Gasteiger partial charge < -0.3 is 14.2 Å². The van der Waals surface area contributed by atoms with Crippen molar-refractivity contribution in [2.24, 2.45) is 4.99 Å². The van der Waals surface area contributed by atoms with Gasteiger partial charge in [-0.05, 0) is 60.4 Å². The van der Waals surface area contributed by atoms with Crippen LogP contribution in [0.1, 0.15) is 12.5 Å². The van der Waals surface area contributed by atoms with Crippen molar-refractivity contribution in [1.82, 2.24) is 4.90 Å². The Bertz CT molecular complexity index is 1160. The van der Waals surface area contributed by atoms with Crippen molar-refractivity contribution in [3.05, 3.63) is 69.7 Å². The molecule has 0 unspecified atom stereocenters. The molecule has 0 aromatic heterocycles. The Hall–Kier alpha value is -3.23. The molecule has 0 radical (unpaired) electrons. The normalized spacial score (nSPS) is 16.6. The molecule has 9 heteroatoms. The number of ether oxygens (including phenoxy) is 3. The molecule has 0 fully saturated rings. The van der Waals surface area contributed by atoms with Gasteiger partial charge in [0.25, 0.3) is 5.91 Å². The monoisotopic (exact) mass is 469 g/mol. The zero-order valence-electron chi connectivity index (χ0n) is 17.4. The molecule has 2 aliphatic rings. The molecule has 2 aliphatic heterocycles. The Labute approximate surface area is 194 Å². The Morgan fingerprint density at radius 1 is 1.12 bits per heavy atom. The SMILES string of the molecule is COc1ccc(OCCOc2ccc(/C=C3/C(=N)N4C(C)=CSC4=NC3=O)cc2Cl)cc1. The smallest absolute Gasteiger partial charge is 0.283 e. The highest BCUT2D eigenvalue weighted by molar-refractivity contribution is 8.16. The van der Waals surface area contributed by atoms with E-state index in [9.17, 15) is 4.79 Å². The minimum absolute atomic E-state index is 0.103. The molecule has 32 heavy (non-hydrogen) atoms. The van der Waals surface area contributed by atoms with Crippen molar-refractivity contribution < 1.29 is 19.0 Å². The second kappa shape index (κ2) is 9.50. The van der Waals surface area contributed by atoms with E-state index >= 15 is 0 Å². The Kier molecular flexibility index (Phi) is 6.53. The third kappa shape index (κ3) is 4.66. The molecule has 164 valence electrons. The van der Waals surface area contributed by atoms with E-state index in [1.807, 2.05) is 36.6 Å². The van der Waals surface area contributed by atoms with Gasteiger partial charge in [0.05, 0.1) is 17.7 Å². The van der Waals surface area contributed by atoms with E-state index in [1.165, 1.54) is 11.8 Å². The van der Waals surface area contributed by atoms with Gasteiger partial charge in [0.1, 0.15) is 36.3 Å². The first-order valence-corrected chi connectivity index (χ1v) is 11.0. The van der Waals surface area contributed by atoms with Crippen LogP contribution in [0.15, 0.2) is 64.1 Å². The van der Waals surface area contributed by atoms with E-state index in [0.717, 1.165) is 17.2 Å². The van der Waals surface area contributed by atoms with Gasteiger partial charge in [-0.15, -0.1) is 0 Å². The van der Waals surface area contributed by atoms with Crippen LogP contribution in [-0.2, 0) is 4.79 Å². The summed E-state index contributed by atoms with van der Waals surface area (Å²) >= 11 is 7.70. The zero-order valence-corrected chi connectivity index (χ0v) is 19.0. The molecule has 0 atom stereocenters. The second-order valence-corrected chi connectivity index (χ2v) is 8.12. The van der Waals surface area contributed by atoms with Crippen molar-refractivity contribution in [2.45, 2.75) is 6.92 Å². The van der Waals surface area contributed by atoms with Gasteiger partial charge in [-0.2, -0.15) is 4.99 Å². The number of carbonyl (C=O) groups excluding carboxylic acids is 1. The molecule has 1 N–H and O–H groups in total. The molecule has 2 aromatic rings. The molecule has 0 bridgehead atoms. The molecule has 0 saturated carbocycles. The number of aliphatic imine (C=N–C) groups is 1. The Morgan fingerprint density at radius 2 is 1.84 bits per heavy atom. The first-order chi connectivity index (χ1) is 15.5. The molecule has 2 heterocycles. The number of amides is 1. The number of amidine groups is 2. The lowest BCUT2D eigenvalue weighted by Gasteiger charge is -2.25. The van der Waals surface area contributed by atoms with E-state index in [4.69, 9.17) is 31.2 Å². The topological polar surface area (TPSA) is 84.2 Å². The van der Waals surface area contributed by atoms with Gasteiger partial charge in [0.2, 0.25) is 0 Å². The van der Waals surface area contributed by atoms with E-state index in [2.05, 4.69) is 4.99 Å². The predicted octanol–water partition coefficient (Wildman–Crippen LogP) is 4.97. The van der Waals surface area contributed by atoms with Crippen LogP contribution in [0.3, 0.4) is 0 Å². The number of carbonyl (C=O) groups is 1. The highest BCUT2D eigenvalue weighted by atomic mass is 35.5. The predicted molar refractivity (Wildman–Crippen MR) is 127 cm³/mol. The molecular weight excluding hydrogens is 450 g/mol. The lowest BCUT2D eigenvalue weighted by Crippen LogP contribution is -2.37. The third-order valence-corrected chi connectivity index (χ3v) is 5.96. The molecule has 0 spiro atoms. The maximum Gasteiger partial charge on any atom is 0.283 e. The molecular formula is C23H20ClN3O4S. The van der Waals surface area contributed by atoms with E-state index in [0.29, 0.717) is 34.7 Å². The lowest BCUT2D eigenvalue weighted by atomic mass is 10.1. The fourth-order valence-electron chi connectivity index (χ4n) is 3.12. The van der Waals surface area contributed by atoms with Crippen molar-refractivity contribution in [3.63, 3.8) is 0 Å². The summed E-state index contributed by atoms with van der Waals surface area (Å²) in [5.41, 5.74) is 1.74. The van der Waals surface area contributed by atoms with Crippen LogP contribution in [0, 0.1) is 5.41 Å². The molecule has 7 nitrogen and oxygen atoms in total. The Morgan fingerprint density at radius 3 is 2.56 bits per heavy atom. The number of thioether (sulfide) groups is 1. The van der Waals surface area contributed by atoms with Crippen LogP contribution in [0.2, 0.25) is 5.02 Å². The average molecular weight is 470 g/mol. The fraction of sp³-hybridized carbons (Fsp3) is 0.174. The summed E-state index contributed by atoms with van der Waals surface area (Å²) in [4.78, 5) is 18.1. The number of benzene rings is 2. The first kappa shape index (κ1) is 22.0. The van der Waals surface area contributed by atoms with E-state index < -0.39 is 5.91 Å². The number of fused-ring (bicyclic) bond motifs is 1. The van der Waals surface area contributed by atoms with Crippen molar-refractivity contribution in [1.29, 1.82) is 5.41 Å². The zero-order chi connectivity index (χ0) is 22.7. The number of methoxy groups -OCH3 is 1. The van der Waals surface area contributed by atoms with Gasteiger partial charge >= 0.3 is 0 Å². The van der Waals surface area contributed by atoms with Crippen LogP contribution in [0.5, 0.6) is 17.2 Å². The lowest BCUT2D eigenvalue weighted by molar-refractivity contribution is -0.114. The van der Waals surface area contributed by atoms with Crippen LogP contribution < -0.4 is 14.2 Å². The van der Waals surface area contributed by atoms with Crippen molar-refractivity contribution in [3.8, 4) is 17.2 Å². The minimum Gasteiger partial charge on any atom is -0.497 e. The number of nitrogens with one attached hydrogen (secondary N) is 1. The maximum atomic E-state index is 12.4. The van der Waals surface area contributed by atoms with Crippen molar-refractivity contribution >= 4 is 46.3 Å². The summed E-state index contributed by atoms with van der Waals surface area (Å²) in [5, 5.41) is 11.2. The Balaban J connectivity index is 1.38. The highest BCUT2D eigenvalue weighted by Crippen LogP contribution is 2.32. The highest BCUT2D eigenvalue weighted by Gasteiger charge is 2.33. The number of hydrogen-bond acceptors (Lipinski definition) is 6. The fourth-order valence-corrected chi connectivity index (χ4v) is 4.22. The van der Waals surface area contributed by atoms with E-state index in [1.54, 1.807) is 36.3 Å². The van der Waals surface area contributed by atoms with Crippen LogP contribution >= 0.6 is 23.4 Å². The quantitative estimate of drug-likeness (QED) is 0.455. The molecule has 1 amide bonds. The molecule has 4 rings (SSSR count). The number of rotatable bonds is 7. The van der Waals surface area contributed by atoms with Crippen LogP contribution in [-0.4, -0.2) is 42.1 Å². The second-order valence-electron chi connectivity index (χ2n) is 6.88. The molecule has 0 aliphatic carbocycles. The van der Waals surface area contributed by atoms with Gasteiger partial charge in [0, 0.05) is 5.70 Å². The molecule has 0 saturated heterocycles. The summed E-state index contributed by atoms with van der Waals surface area (Å²) < 4.78 is 16.5. The number of allylic oxidation sites excluding steroid dienone is 1. The average Bonchev–Trinajstić information content (AvgIpc) is 3.16. The summed E-state index contributed by atoms with van der Waals surface area (Å²) in [6, 6.07) is 12.5. The number of nitrogens with zero attached hydrogens (tertiary/aromatic N) is 2. The number of hydrogen-bond donors (Lipinski definition) is 1. The van der Waals surface area contributed by atoms with Crippen LogP contribution in [0.4, 0.5) is 0 Å². The van der Waals surface area contributed by atoms with Crippen molar-refractivity contribution in [2.75, 3.05) is 20.3 Å². The van der Waals surface area contributed by atoms with Gasteiger partial charge in [-0.1, -0.05) is 29.4 Å². The summed E-state index contributed by atoms with van der Waals surface area (Å²) in [7, 11) is 1.61. The summed E-state index contributed by atoms with van der Waals surface area (Å²) in [6.45, 7) is 2.53. The molecule has 2 aromatic carbocycles. The van der Waals surface area contributed by atoms with E-state index in [-0.39, 0.29) is 11.4 Å². The number of halogens is 1. The summed E-state index contributed by atoms with van der Waals surface area (Å²) in [5.74, 6) is 1.65.